The van der Waals surface area contributed by atoms with E-state index in [2.05, 4.69) is 6.92 Å². The van der Waals surface area contributed by atoms with Crippen molar-refractivity contribution in [2.24, 2.45) is 11.8 Å². The van der Waals surface area contributed by atoms with Crippen LogP contribution in [0.2, 0.25) is 0 Å². The molecular weight excluding hydrogens is 216 g/mol. The maximum absolute atomic E-state index is 11.2. The molecule has 0 aliphatic heterocycles. The predicted octanol–water partition coefficient (Wildman–Crippen LogP) is 3.21. The first-order chi connectivity index (χ1) is 8.04. The van der Waals surface area contributed by atoms with E-state index >= 15 is 0 Å². The molecule has 0 bridgehead atoms. The fourth-order valence-electron chi connectivity index (χ4n) is 3.17. The first-order valence-electron chi connectivity index (χ1n) is 7.00. The summed E-state index contributed by atoms with van der Waals surface area (Å²) < 4.78 is 0. The Kier molecular flexibility index (Phi) is 5.44. The highest BCUT2D eigenvalue weighted by Gasteiger charge is 2.42. The molecule has 0 saturated heterocycles. The van der Waals surface area contributed by atoms with Gasteiger partial charge in [-0.2, -0.15) is 0 Å². The zero-order valence-corrected chi connectivity index (χ0v) is 11.1. The standard InChI is InChI=1S/C14H26O3/c1-3-6-11-7-5-8-12(10-9-11)14(17,4-2)13(15)16/h11-12,17H,3-10H2,1-2H3,(H,15,16). The maximum atomic E-state index is 11.2. The van der Waals surface area contributed by atoms with Gasteiger partial charge in [0, 0.05) is 0 Å². The van der Waals surface area contributed by atoms with Crippen molar-refractivity contribution in [3.63, 3.8) is 0 Å². The Labute approximate surface area is 104 Å². The lowest BCUT2D eigenvalue weighted by Gasteiger charge is -2.31. The largest absolute Gasteiger partial charge is 0.479 e. The van der Waals surface area contributed by atoms with Gasteiger partial charge in [0.1, 0.15) is 0 Å². The molecule has 3 atom stereocenters. The van der Waals surface area contributed by atoms with E-state index in [9.17, 15) is 15.0 Å². The quantitative estimate of drug-likeness (QED) is 0.728. The van der Waals surface area contributed by atoms with Crippen LogP contribution >= 0.6 is 0 Å². The number of rotatable bonds is 5. The SMILES string of the molecule is CCCC1CCCC(C(O)(CC)C(=O)O)CC1. The first kappa shape index (κ1) is 14.5. The Morgan fingerprint density at radius 1 is 1.24 bits per heavy atom. The van der Waals surface area contributed by atoms with Gasteiger partial charge >= 0.3 is 5.97 Å². The lowest BCUT2D eigenvalue weighted by atomic mass is 9.80. The average Bonchev–Trinajstić information content (AvgIpc) is 2.54. The van der Waals surface area contributed by atoms with Gasteiger partial charge in [-0.3, -0.25) is 0 Å². The van der Waals surface area contributed by atoms with Crippen molar-refractivity contribution in [1.82, 2.24) is 0 Å². The number of carboxylic acid groups (broad SMARTS) is 1. The Morgan fingerprint density at radius 2 is 1.94 bits per heavy atom. The molecule has 0 amide bonds. The molecule has 1 aliphatic carbocycles. The van der Waals surface area contributed by atoms with Crippen LogP contribution in [0.4, 0.5) is 0 Å². The topological polar surface area (TPSA) is 57.5 Å². The minimum absolute atomic E-state index is 0.0631. The monoisotopic (exact) mass is 242 g/mol. The predicted molar refractivity (Wildman–Crippen MR) is 67.8 cm³/mol. The molecule has 2 N–H and O–H groups in total. The van der Waals surface area contributed by atoms with Crippen LogP contribution in [0.1, 0.15) is 65.2 Å². The van der Waals surface area contributed by atoms with Crippen LogP contribution in [0.25, 0.3) is 0 Å². The highest BCUT2D eigenvalue weighted by molar-refractivity contribution is 5.77. The van der Waals surface area contributed by atoms with Crippen molar-refractivity contribution >= 4 is 5.97 Å². The third kappa shape index (κ3) is 3.44. The van der Waals surface area contributed by atoms with Crippen LogP contribution in [-0.2, 0) is 4.79 Å². The number of aliphatic hydroxyl groups is 1. The molecule has 0 aromatic carbocycles. The number of hydrogen-bond acceptors (Lipinski definition) is 2. The van der Waals surface area contributed by atoms with Gasteiger partial charge in [-0.05, 0) is 31.1 Å². The molecular formula is C14H26O3. The highest BCUT2D eigenvalue weighted by atomic mass is 16.4. The van der Waals surface area contributed by atoms with Gasteiger partial charge in [0.25, 0.3) is 0 Å². The molecule has 100 valence electrons. The number of aliphatic carboxylic acids is 1. The molecule has 0 aromatic rings. The summed E-state index contributed by atoms with van der Waals surface area (Å²) in [6.07, 6.45) is 7.81. The Hall–Kier alpha value is -0.570. The molecule has 3 nitrogen and oxygen atoms in total. The third-order valence-corrected chi connectivity index (χ3v) is 4.37. The maximum Gasteiger partial charge on any atom is 0.335 e. The third-order valence-electron chi connectivity index (χ3n) is 4.37. The summed E-state index contributed by atoms with van der Waals surface area (Å²) in [5.74, 6) is -0.370. The van der Waals surface area contributed by atoms with E-state index in [1.54, 1.807) is 6.92 Å². The van der Waals surface area contributed by atoms with Crippen LogP contribution in [0.3, 0.4) is 0 Å². The van der Waals surface area contributed by atoms with E-state index < -0.39 is 11.6 Å². The minimum atomic E-state index is -1.50. The summed E-state index contributed by atoms with van der Waals surface area (Å²) in [4.78, 5) is 11.2. The zero-order chi connectivity index (χ0) is 12.9. The Balaban J connectivity index is 2.64. The first-order valence-corrected chi connectivity index (χ1v) is 7.00. The van der Waals surface area contributed by atoms with Crippen molar-refractivity contribution in [3.05, 3.63) is 0 Å². The zero-order valence-electron chi connectivity index (χ0n) is 11.1. The molecule has 1 aliphatic rings. The van der Waals surface area contributed by atoms with Gasteiger partial charge in [-0.1, -0.05) is 46.0 Å². The highest BCUT2D eigenvalue weighted by Crippen LogP contribution is 2.37. The second-order valence-electron chi connectivity index (χ2n) is 5.44. The van der Waals surface area contributed by atoms with E-state index in [-0.39, 0.29) is 5.92 Å². The van der Waals surface area contributed by atoms with Crippen LogP contribution < -0.4 is 0 Å². The number of carbonyl (C=O) groups is 1. The van der Waals surface area contributed by atoms with Crippen molar-refractivity contribution in [2.45, 2.75) is 70.8 Å². The number of hydrogen-bond donors (Lipinski definition) is 2. The van der Waals surface area contributed by atoms with E-state index in [4.69, 9.17) is 0 Å². The molecule has 0 radical (unpaired) electrons. The van der Waals surface area contributed by atoms with Gasteiger partial charge in [0.2, 0.25) is 0 Å². The van der Waals surface area contributed by atoms with Crippen molar-refractivity contribution in [2.75, 3.05) is 0 Å². The summed E-state index contributed by atoms with van der Waals surface area (Å²) in [7, 11) is 0. The summed E-state index contributed by atoms with van der Waals surface area (Å²) in [6, 6.07) is 0. The lowest BCUT2D eigenvalue weighted by molar-refractivity contribution is -0.166. The van der Waals surface area contributed by atoms with E-state index in [0.717, 1.165) is 31.6 Å². The molecule has 17 heavy (non-hydrogen) atoms. The van der Waals surface area contributed by atoms with Crippen molar-refractivity contribution in [1.29, 1.82) is 0 Å². The fourth-order valence-corrected chi connectivity index (χ4v) is 3.17. The second kappa shape index (κ2) is 6.39. The Bertz CT molecular complexity index is 252. The van der Waals surface area contributed by atoms with Crippen LogP contribution in [0.5, 0.6) is 0 Å². The second-order valence-corrected chi connectivity index (χ2v) is 5.44. The molecule has 1 fully saturated rings. The van der Waals surface area contributed by atoms with E-state index in [1.807, 2.05) is 0 Å². The van der Waals surface area contributed by atoms with E-state index in [0.29, 0.717) is 6.42 Å². The molecule has 0 aromatic heterocycles. The van der Waals surface area contributed by atoms with Gasteiger partial charge in [-0.15, -0.1) is 0 Å². The average molecular weight is 242 g/mol. The van der Waals surface area contributed by atoms with Crippen molar-refractivity contribution in [3.8, 4) is 0 Å². The molecule has 3 heteroatoms. The fraction of sp³-hybridized carbons (Fsp3) is 0.929. The van der Waals surface area contributed by atoms with Crippen LogP contribution in [0, 0.1) is 11.8 Å². The number of carboxylic acids is 1. The van der Waals surface area contributed by atoms with Gasteiger partial charge in [0.15, 0.2) is 5.60 Å². The van der Waals surface area contributed by atoms with Gasteiger partial charge < -0.3 is 10.2 Å². The van der Waals surface area contributed by atoms with Crippen LogP contribution in [-0.4, -0.2) is 21.8 Å². The van der Waals surface area contributed by atoms with Gasteiger partial charge in [-0.25, -0.2) is 4.79 Å². The summed E-state index contributed by atoms with van der Waals surface area (Å²) in [6.45, 7) is 3.96. The normalized spacial score (nSPS) is 29.4. The molecule has 0 heterocycles. The molecule has 1 rings (SSSR count). The molecule has 3 unspecified atom stereocenters. The minimum Gasteiger partial charge on any atom is -0.479 e. The smallest absolute Gasteiger partial charge is 0.335 e. The summed E-state index contributed by atoms with van der Waals surface area (Å²) in [5, 5.41) is 19.5. The van der Waals surface area contributed by atoms with E-state index in [1.165, 1.54) is 19.3 Å². The van der Waals surface area contributed by atoms with Crippen molar-refractivity contribution < 1.29 is 15.0 Å². The lowest BCUT2D eigenvalue weighted by Crippen LogP contribution is -2.45. The summed E-state index contributed by atoms with van der Waals surface area (Å²) in [5.41, 5.74) is -1.50. The molecule has 0 spiro atoms. The Morgan fingerprint density at radius 3 is 2.47 bits per heavy atom. The molecule has 1 saturated carbocycles. The summed E-state index contributed by atoms with van der Waals surface area (Å²) >= 11 is 0. The van der Waals surface area contributed by atoms with Gasteiger partial charge in [0.05, 0.1) is 0 Å². The van der Waals surface area contributed by atoms with Crippen LogP contribution in [0.15, 0.2) is 0 Å².